The standard InChI is InChI=1S/C22H27N5OS/c1-3-7-18-15-26(11-12-27(18)21(28)14-19-9-6-13-29-19)22(24-16-23)25-20-10-5-4-8-17(20)2/h4-6,8-10,13,18H,3,7,11-12,14-15H2,1-2H3,(H,24,25). The Morgan fingerprint density at radius 1 is 1.31 bits per heavy atom. The number of nitriles is 1. The molecule has 1 atom stereocenters. The van der Waals surface area contributed by atoms with E-state index < -0.39 is 0 Å². The molecular weight excluding hydrogens is 382 g/mol. The maximum atomic E-state index is 12.9. The molecule has 0 radical (unpaired) electrons. The van der Waals surface area contributed by atoms with Gasteiger partial charge >= 0.3 is 0 Å². The Morgan fingerprint density at radius 3 is 2.83 bits per heavy atom. The maximum Gasteiger partial charge on any atom is 0.228 e. The number of hydrogen-bond donors (Lipinski definition) is 1. The summed E-state index contributed by atoms with van der Waals surface area (Å²) in [5.74, 6) is 0.726. The zero-order chi connectivity index (χ0) is 20.6. The minimum absolute atomic E-state index is 0.115. The lowest BCUT2D eigenvalue weighted by Crippen LogP contribution is -2.58. The van der Waals surface area contributed by atoms with Crippen LogP contribution < -0.4 is 5.32 Å². The van der Waals surface area contributed by atoms with Crippen LogP contribution in [0.4, 0.5) is 5.69 Å². The van der Waals surface area contributed by atoms with Crippen LogP contribution >= 0.6 is 11.3 Å². The van der Waals surface area contributed by atoms with Gasteiger partial charge in [-0.15, -0.1) is 11.3 Å². The zero-order valence-corrected chi connectivity index (χ0v) is 17.8. The molecule has 0 spiro atoms. The third kappa shape index (κ3) is 5.36. The molecule has 152 valence electrons. The van der Waals surface area contributed by atoms with E-state index in [1.807, 2.05) is 59.8 Å². The predicted octanol–water partition coefficient (Wildman–Crippen LogP) is 3.67. The first-order valence-electron chi connectivity index (χ1n) is 9.98. The van der Waals surface area contributed by atoms with Crippen LogP contribution in [-0.2, 0) is 11.2 Å². The lowest BCUT2D eigenvalue weighted by atomic mass is 10.1. The molecule has 6 nitrogen and oxygen atoms in total. The van der Waals surface area contributed by atoms with Crippen LogP contribution in [0.15, 0.2) is 46.8 Å². The number of amides is 1. The summed E-state index contributed by atoms with van der Waals surface area (Å²) in [5, 5.41) is 14.0. The van der Waals surface area contributed by atoms with Gasteiger partial charge in [0.1, 0.15) is 0 Å². The van der Waals surface area contributed by atoms with Gasteiger partial charge in [0.2, 0.25) is 11.9 Å². The molecule has 0 saturated carbocycles. The molecule has 1 aromatic carbocycles. The van der Waals surface area contributed by atoms with Gasteiger partial charge in [0, 0.05) is 30.6 Å². The smallest absolute Gasteiger partial charge is 0.228 e. The molecule has 29 heavy (non-hydrogen) atoms. The van der Waals surface area contributed by atoms with E-state index in [0.29, 0.717) is 32.0 Å². The second-order valence-corrected chi connectivity index (χ2v) is 8.22. The van der Waals surface area contributed by atoms with Crippen LogP contribution in [0.2, 0.25) is 0 Å². The molecule has 1 aliphatic rings. The van der Waals surface area contributed by atoms with Crippen LogP contribution in [0.1, 0.15) is 30.2 Å². The molecule has 1 aliphatic heterocycles. The van der Waals surface area contributed by atoms with Crippen LogP contribution in [0.3, 0.4) is 0 Å². The van der Waals surface area contributed by atoms with Crippen molar-refractivity contribution in [3.8, 4) is 6.19 Å². The van der Waals surface area contributed by atoms with E-state index >= 15 is 0 Å². The number of aliphatic imine (C=N–C) groups is 1. The van der Waals surface area contributed by atoms with Crippen LogP contribution in [0.5, 0.6) is 0 Å². The van der Waals surface area contributed by atoms with Crippen molar-refractivity contribution in [1.29, 1.82) is 5.26 Å². The number of benzene rings is 1. The normalized spacial score (nSPS) is 17.1. The molecule has 2 aromatic rings. The Bertz CT molecular complexity index is 887. The minimum atomic E-state index is 0.115. The minimum Gasteiger partial charge on any atom is -0.338 e. The molecular formula is C22H27N5OS. The van der Waals surface area contributed by atoms with Crippen LogP contribution in [-0.4, -0.2) is 47.3 Å². The lowest BCUT2D eigenvalue weighted by molar-refractivity contribution is -0.134. The maximum absolute atomic E-state index is 12.9. The molecule has 1 aromatic heterocycles. The molecule has 2 heterocycles. The molecule has 7 heteroatoms. The number of hydrogen-bond acceptors (Lipinski definition) is 4. The number of aryl methyl sites for hydroxylation is 1. The monoisotopic (exact) mass is 409 g/mol. The number of nitrogens with zero attached hydrogens (tertiary/aromatic N) is 4. The number of thiophene rings is 1. The van der Waals surface area contributed by atoms with Gasteiger partial charge in [0.15, 0.2) is 6.19 Å². The highest BCUT2D eigenvalue weighted by molar-refractivity contribution is 7.10. The fraction of sp³-hybridized carbons (Fsp3) is 0.409. The summed E-state index contributed by atoms with van der Waals surface area (Å²) in [7, 11) is 0. The fourth-order valence-electron chi connectivity index (χ4n) is 3.65. The van der Waals surface area contributed by atoms with Crippen molar-refractivity contribution in [2.45, 2.75) is 39.2 Å². The van der Waals surface area contributed by atoms with Gasteiger partial charge in [-0.2, -0.15) is 5.26 Å². The van der Waals surface area contributed by atoms with Crippen molar-refractivity contribution >= 4 is 28.9 Å². The second-order valence-electron chi connectivity index (χ2n) is 7.19. The van der Waals surface area contributed by atoms with Gasteiger partial charge < -0.3 is 9.80 Å². The number of para-hydroxylation sites is 1. The highest BCUT2D eigenvalue weighted by Crippen LogP contribution is 2.21. The van der Waals surface area contributed by atoms with Crippen molar-refractivity contribution < 1.29 is 4.79 Å². The topological polar surface area (TPSA) is 71.7 Å². The number of piperazine rings is 1. The first-order chi connectivity index (χ1) is 14.1. The Balaban J connectivity index is 1.76. The van der Waals surface area contributed by atoms with Crippen molar-refractivity contribution in [1.82, 2.24) is 15.1 Å². The fourth-order valence-corrected chi connectivity index (χ4v) is 4.35. The van der Waals surface area contributed by atoms with E-state index in [0.717, 1.165) is 29.0 Å². The second kappa shape index (κ2) is 10.1. The molecule has 3 rings (SSSR count). The number of guanidine groups is 1. The van der Waals surface area contributed by atoms with E-state index in [2.05, 4.69) is 17.1 Å². The summed E-state index contributed by atoms with van der Waals surface area (Å²) in [6.45, 7) is 6.09. The average molecular weight is 410 g/mol. The Labute approximate surface area is 176 Å². The van der Waals surface area contributed by atoms with E-state index in [1.54, 1.807) is 11.3 Å². The van der Waals surface area contributed by atoms with Gasteiger partial charge in [0.05, 0.1) is 12.1 Å². The largest absolute Gasteiger partial charge is 0.338 e. The van der Waals surface area contributed by atoms with Gasteiger partial charge in [-0.05, 0) is 36.4 Å². The van der Waals surface area contributed by atoms with Crippen molar-refractivity contribution in [2.75, 3.05) is 19.6 Å². The van der Waals surface area contributed by atoms with E-state index in [9.17, 15) is 10.1 Å². The first-order valence-corrected chi connectivity index (χ1v) is 10.9. The Kier molecular flexibility index (Phi) is 7.25. The lowest BCUT2D eigenvalue weighted by Gasteiger charge is -2.42. The van der Waals surface area contributed by atoms with E-state index in [-0.39, 0.29) is 11.9 Å². The number of carbonyl (C=O) groups is 1. The summed E-state index contributed by atoms with van der Waals surface area (Å²) in [4.78, 5) is 22.8. The molecule has 1 amide bonds. The Morgan fingerprint density at radius 2 is 2.14 bits per heavy atom. The SMILES string of the molecule is CCCC1CN(C(=Nc2ccccc2C)NC#N)CCN1C(=O)Cc1cccs1. The quantitative estimate of drug-likeness (QED) is 0.354. The van der Waals surface area contributed by atoms with Gasteiger partial charge in [0.25, 0.3) is 0 Å². The van der Waals surface area contributed by atoms with E-state index in [1.165, 1.54) is 0 Å². The first kappa shape index (κ1) is 20.9. The highest BCUT2D eigenvalue weighted by atomic mass is 32.1. The Hall–Kier alpha value is -2.85. The van der Waals surface area contributed by atoms with Gasteiger partial charge in [-0.1, -0.05) is 37.6 Å². The zero-order valence-electron chi connectivity index (χ0n) is 17.0. The molecule has 1 N–H and O–H groups in total. The number of rotatable bonds is 5. The molecule has 0 bridgehead atoms. The van der Waals surface area contributed by atoms with E-state index in [4.69, 9.17) is 4.99 Å². The molecule has 1 saturated heterocycles. The number of carbonyl (C=O) groups excluding carboxylic acids is 1. The predicted molar refractivity (Wildman–Crippen MR) is 117 cm³/mol. The van der Waals surface area contributed by atoms with Gasteiger partial charge in [-0.25, -0.2) is 4.99 Å². The summed E-state index contributed by atoms with van der Waals surface area (Å²) < 4.78 is 0. The average Bonchev–Trinajstić information content (AvgIpc) is 3.22. The molecule has 1 unspecified atom stereocenters. The van der Waals surface area contributed by atoms with Crippen molar-refractivity contribution in [3.63, 3.8) is 0 Å². The van der Waals surface area contributed by atoms with Crippen molar-refractivity contribution in [3.05, 3.63) is 52.2 Å². The third-order valence-corrected chi connectivity index (χ3v) is 6.02. The van der Waals surface area contributed by atoms with Crippen LogP contribution in [0.25, 0.3) is 0 Å². The van der Waals surface area contributed by atoms with Crippen molar-refractivity contribution in [2.24, 2.45) is 4.99 Å². The van der Waals surface area contributed by atoms with Crippen LogP contribution in [0, 0.1) is 18.4 Å². The summed E-state index contributed by atoms with van der Waals surface area (Å²) >= 11 is 1.62. The molecule has 0 aliphatic carbocycles. The van der Waals surface area contributed by atoms with Gasteiger partial charge in [-0.3, -0.25) is 10.1 Å². The number of nitrogens with one attached hydrogen (secondary N) is 1. The summed E-state index contributed by atoms with van der Waals surface area (Å²) in [6.07, 6.45) is 4.40. The third-order valence-electron chi connectivity index (χ3n) is 5.14. The summed E-state index contributed by atoms with van der Waals surface area (Å²) in [5.41, 5.74) is 1.90. The molecule has 1 fully saturated rings. The summed E-state index contributed by atoms with van der Waals surface area (Å²) in [6, 6.07) is 12.0. The highest BCUT2D eigenvalue weighted by Gasteiger charge is 2.31.